The molecule has 0 saturated carbocycles. The molecule has 0 spiro atoms. The maximum absolute atomic E-state index is 12.5. The number of ether oxygens (including phenoxy) is 1. The van der Waals surface area contributed by atoms with Crippen molar-refractivity contribution in [3.63, 3.8) is 0 Å². The summed E-state index contributed by atoms with van der Waals surface area (Å²) in [7, 11) is 0. The monoisotopic (exact) mass is 409 g/mol. The second kappa shape index (κ2) is 8.79. The Balaban J connectivity index is 1.41. The average Bonchev–Trinajstić information content (AvgIpc) is 2.75. The smallest absolute Gasteiger partial charge is 0.321 e. The van der Waals surface area contributed by atoms with Crippen LogP contribution in [0.25, 0.3) is 11.1 Å². The minimum Gasteiger partial charge on any atom is -0.424 e. The van der Waals surface area contributed by atoms with Crippen LogP contribution in [0.4, 0.5) is 5.69 Å². The van der Waals surface area contributed by atoms with Crippen molar-refractivity contribution in [2.24, 2.45) is 0 Å². The standard InChI is InChI=1S/C26H23N3O2/c1-17-4-6-20(7-5-17)22-15-27-26(28-16-22)31-24-10-8-21(9-11-24)25(30)29-23-13-18(2)12-19(3)14-23/h4-16H,1-3H3,(H,29,30). The minimum absolute atomic E-state index is 0.171. The van der Waals surface area contributed by atoms with Gasteiger partial charge in [-0.15, -0.1) is 0 Å². The molecule has 31 heavy (non-hydrogen) atoms. The van der Waals surface area contributed by atoms with Crippen LogP contribution < -0.4 is 10.1 Å². The lowest BCUT2D eigenvalue weighted by Crippen LogP contribution is -2.12. The summed E-state index contributed by atoms with van der Waals surface area (Å²) in [4.78, 5) is 21.1. The highest BCUT2D eigenvalue weighted by Gasteiger charge is 2.08. The largest absolute Gasteiger partial charge is 0.424 e. The Labute approximate surface area is 181 Å². The molecule has 0 bridgehead atoms. The number of anilines is 1. The predicted octanol–water partition coefficient (Wildman–Crippen LogP) is 6.11. The number of benzene rings is 3. The summed E-state index contributed by atoms with van der Waals surface area (Å²) in [5, 5.41) is 2.93. The molecule has 1 aromatic heterocycles. The number of hydrogen-bond donors (Lipinski definition) is 1. The maximum atomic E-state index is 12.5. The molecule has 3 aromatic carbocycles. The number of hydrogen-bond acceptors (Lipinski definition) is 4. The second-order valence-electron chi connectivity index (χ2n) is 7.58. The zero-order valence-electron chi connectivity index (χ0n) is 17.7. The van der Waals surface area contributed by atoms with Crippen molar-refractivity contribution < 1.29 is 9.53 Å². The Morgan fingerprint density at radius 1 is 0.742 bits per heavy atom. The number of carbonyl (C=O) groups excluding carboxylic acids is 1. The van der Waals surface area contributed by atoms with Crippen molar-refractivity contribution in [3.8, 4) is 22.9 Å². The normalized spacial score (nSPS) is 10.5. The van der Waals surface area contributed by atoms with Crippen molar-refractivity contribution in [1.29, 1.82) is 0 Å². The van der Waals surface area contributed by atoms with Crippen LogP contribution in [0.3, 0.4) is 0 Å². The van der Waals surface area contributed by atoms with Gasteiger partial charge in [0.15, 0.2) is 0 Å². The first-order chi connectivity index (χ1) is 15.0. The fourth-order valence-corrected chi connectivity index (χ4v) is 3.29. The predicted molar refractivity (Wildman–Crippen MR) is 123 cm³/mol. The van der Waals surface area contributed by atoms with Crippen LogP contribution in [0.1, 0.15) is 27.0 Å². The zero-order valence-corrected chi connectivity index (χ0v) is 17.7. The number of aryl methyl sites for hydroxylation is 3. The van der Waals surface area contributed by atoms with E-state index in [1.807, 2.05) is 38.1 Å². The van der Waals surface area contributed by atoms with Gasteiger partial charge in [0, 0.05) is 29.2 Å². The third-order valence-corrected chi connectivity index (χ3v) is 4.82. The highest BCUT2D eigenvalue weighted by atomic mass is 16.5. The van der Waals surface area contributed by atoms with Gasteiger partial charge in [-0.1, -0.05) is 35.9 Å². The van der Waals surface area contributed by atoms with Crippen LogP contribution in [-0.4, -0.2) is 15.9 Å². The van der Waals surface area contributed by atoms with Crippen LogP contribution in [-0.2, 0) is 0 Å². The Bertz CT molecular complexity index is 1180. The summed E-state index contributed by atoms with van der Waals surface area (Å²) in [5.41, 5.74) is 6.71. The lowest BCUT2D eigenvalue weighted by atomic mass is 10.1. The van der Waals surface area contributed by atoms with Crippen LogP contribution in [0.2, 0.25) is 0 Å². The molecule has 0 aliphatic carbocycles. The molecule has 0 radical (unpaired) electrons. The fourth-order valence-electron chi connectivity index (χ4n) is 3.29. The van der Waals surface area contributed by atoms with Gasteiger partial charge in [-0.3, -0.25) is 4.79 Å². The van der Waals surface area contributed by atoms with Gasteiger partial charge in [0.25, 0.3) is 5.91 Å². The average molecular weight is 409 g/mol. The molecule has 154 valence electrons. The van der Waals surface area contributed by atoms with Gasteiger partial charge < -0.3 is 10.1 Å². The third kappa shape index (κ3) is 5.14. The molecule has 1 heterocycles. The molecule has 4 aromatic rings. The summed E-state index contributed by atoms with van der Waals surface area (Å²) in [5.74, 6) is 0.390. The number of amides is 1. The van der Waals surface area contributed by atoms with E-state index in [2.05, 4.69) is 40.4 Å². The van der Waals surface area contributed by atoms with Crippen molar-refractivity contribution in [3.05, 3.63) is 101 Å². The Morgan fingerprint density at radius 3 is 1.97 bits per heavy atom. The SMILES string of the molecule is Cc1ccc(-c2cnc(Oc3ccc(C(=O)Nc4cc(C)cc(C)c4)cc3)nc2)cc1. The molecule has 1 amide bonds. The number of nitrogens with zero attached hydrogens (tertiary/aromatic N) is 2. The Hall–Kier alpha value is -3.99. The van der Waals surface area contributed by atoms with E-state index in [4.69, 9.17) is 4.74 Å². The molecule has 0 aliphatic heterocycles. The molecule has 0 atom stereocenters. The molecule has 0 unspecified atom stereocenters. The molecule has 0 aliphatic rings. The van der Waals surface area contributed by atoms with Gasteiger partial charge in [-0.2, -0.15) is 0 Å². The molecule has 4 rings (SSSR count). The van der Waals surface area contributed by atoms with E-state index < -0.39 is 0 Å². The lowest BCUT2D eigenvalue weighted by Gasteiger charge is -2.09. The van der Waals surface area contributed by atoms with E-state index >= 15 is 0 Å². The molecule has 5 heteroatoms. The fraction of sp³-hybridized carbons (Fsp3) is 0.115. The van der Waals surface area contributed by atoms with Crippen molar-refractivity contribution in [2.75, 3.05) is 5.32 Å². The Kier molecular flexibility index (Phi) is 5.76. The van der Waals surface area contributed by atoms with Gasteiger partial charge in [0.05, 0.1) is 0 Å². The second-order valence-corrected chi connectivity index (χ2v) is 7.58. The highest BCUT2D eigenvalue weighted by molar-refractivity contribution is 6.04. The van der Waals surface area contributed by atoms with Gasteiger partial charge in [-0.05, 0) is 73.9 Å². The highest BCUT2D eigenvalue weighted by Crippen LogP contribution is 2.22. The minimum atomic E-state index is -0.171. The van der Waals surface area contributed by atoms with Gasteiger partial charge >= 0.3 is 6.01 Å². The number of rotatable bonds is 5. The van der Waals surface area contributed by atoms with E-state index in [0.29, 0.717) is 11.3 Å². The molecular formula is C26H23N3O2. The summed E-state index contributed by atoms with van der Waals surface area (Å²) in [6, 6.07) is 21.3. The summed E-state index contributed by atoms with van der Waals surface area (Å²) < 4.78 is 5.72. The van der Waals surface area contributed by atoms with Crippen LogP contribution in [0.15, 0.2) is 79.1 Å². The number of carbonyl (C=O) groups is 1. The lowest BCUT2D eigenvalue weighted by molar-refractivity contribution is 0.102. The molecule has 0 fully saturated rings. The number of aromatic nitrogens is 2. The van der Waals surface area contributed by atoms with Gasteiger partial charge in [-0.25, -0.2) is 9.97 Å². The van der Waals surface area contributed by atoms with E-state index in [0.717, 1.165) is 27.9 Å². The van der Waals surface area contributed by atoms with Crippen LogP contribution in [0.5, 0.6) is 11.8 Å². The van der Waals surface area contributed by atoms with Crippen LogP contribution >= 0.6 is 0 Å². The van der Waals surface area contributed by atoms with Crippen molar-refractivity contribution >= 4 is 11.6 Å². The molecule has 0 saturated heterocycles. The van der Waals surface area contributed by atoms with Gasteiger partial charge in [0.2, 0.25) is 0 Å². The van der Waals surface area contributed by atoms with Gasteiger partial charge in [0.1, 0.15) is 5.75 Å². The first-order valence-electron chi connectivity index (χ1n) is 10.0. The van der Waals surface area contributed by atoms with Crippen molar-refractivity contribution in [1.82, 2.24) is 9.97 Å². The summed E-state index contributed by atoms with van der Waals surface area (Å²) in [6.45, 7) is 6.06. The van der Waals surface area contributed by atoms with E-state index in [9.17, 15) is 4.79 Å². The first kappa shape index (κ1) is 20.3. The summed E-state index contributed by atoms with van der Waals surface area (Å²) in [6.07, 6.45) is 3.47. The topological polar surface area (TPSA) is 64.1 Å². The maximum Gasteiger partial charge on any atom is 0.321 e. The van der Waals surface area contributed by atoms with E-state index in [1.165, 1.54) is 5.56 Å². The molecular weight excluding hydrogens is 386 g/mol. The van der Waals surface area contributed by atoms with Crippen molar-refractivity contribution in [2.45, 2.75) is 20.8 Å². The Morgan fingerprint density at radius 2 is 1.35 bits per heavy atom. The van der Waals surface area contributed by atoms with E-state index in [-0.39, 0.29) is 11.9 Å². The number of nitrogens with one attached hydrogen (secondary N) is 1. The summed E-state index contributed by atoms with van der Waals surface area (Å²) >= 11 is 0. The zero-order chi connectivity index (χ0) is 21.8. The van der Waals surface area contributed by atoms with Crippen LogP contribution in [0, 0.1) is 20.8 Å². The molecule has 1 N–H and O–H groups in total. The van der Waals surface area contributed by atoms with E-state index in [1.54, 1.807) is 36.7 Å². The quantitative estimate of drug-likeness (QED) is 0.432. The molecule has 5 nitrogen and oxygen atoms in total. The third-order valence-electron chi connectivity index (χ3n) is 4.82. The first-order valence-corrected chi connectivity index (χ1v) is 10.0.